The Morgan fingerprint density at radius 2 is 1.76 bits per heavy atom. The van der Waals surface area contributed by atoms with Crippen molar-refractivity contribution < 1.29 is 13.2 Å². The fraction of sp³-hybridized carbons (Fsp3) is 0.929. The van der Waals surface area contributed by atoms with Gasteiger partial charge in [0.05, 0.1) is 5.25 Å². The van der Waals surface area contributed by atoms with Gasteiger partial charge in [-0.3, -0.25) is 9.69 Å². The largest absolute Gasteiger partial charge is 0.342 e. The van der Waals surface area contributed by atoms with Crippen LogP contribution in [0.4, 0.5) is 0 Å². The van der Waals surface area contributed by atoms with Gasteiger partial charge in [-0.25, -0.2) is 8.42 Å². The van der Waals surface area contributed by atoms with Crippen LogP contribution < -0.4 is 0 Å². The van der Waals surface area contributed by atoms with Crippen LogP contribution in [0.15, 0.2) is 0 Å². The van der Waals surface area contributed by atoms with Crippen LogP contribution in [0.5, 0.6) is 0 Å². The van der Waals surface area contributed by atoms with E-state index < -0.39 is 15.3 Å². The Morgan fingerprint density at radius 3 is 2.52 bits per heavy atom. The first-order valence-electron chi connectivity index (χ1n) is 7.97. The highest BCUT2D eigenvalue weighted by Gasteiger charge is 2.40. The molecule has 0 spiro atoms. The van der Waals surface area contributed by atoms with E-state index in [-0.39, 0.29) is 5.91 Å². The highest BCUT2D eigenvalue weighted by atomic mass is 32.2. The highest BCUT2D eigenvalue weighted by Crippen LogP contribution is 2.27. The lowest BCUT2D eigenvalue weighted by molar-refractivity contribution is -0.129. The molecule has 0 aromatic heterocycles. The molecule has 0 aromatic rings. The summed E-state index contributed by atoms with van der Waals surface area (Å²) < 4.78 is 27.4. The van der Waals surface area contributed by atoms with Crippen molar-refractivity contribution in [1.29, 1.82) is 0 Å². The maximum absolute atomic E-state index is 12.9. The quantitative estimate of drug-likeness (QED) is 0.725. The summed E-state index contributed by atoms with van der Waals surface area (Å²) in [7, 11) is -3.28. The van der Waals surface area contributed by atoms with Crippen LogP contribution in [0, 0.1) is 0 Å². The number of hydrogen-bond acceptors (Lipinski definition) is 4. The normalized spacial score (nSPS) is 32.1. The summed E-state index contributed by atoms with van der Waals surface area (Å²) in [5.41, 5.74) is 0. The Bertz CT molecular complexity index is 508. The number of piperazine rings is 1. The lowest BCUT2D eigenvalue weighted by atomic mass is 10.1. The molecular weight excluding hydrogens is 290 g/mol. The highest BCUT2D eigenvalue weighted by molar-refractivity contribution is 7.89. The van der Waals surface area contributed by atoms with E-state index in [1.165, 1.54) is 13.3 Å². The fourth-order valence-electron chi connectivity index (χ4n) is 3.87. The van der Waals surface area contributed by atoms with Crippen LogP contribution in [0.3, 0.4) is 0 Å². The number of likely N-dealkylation sites (tertiary alicyclic amines) is 1. The van der Waals surface area contributed by atoms with Gasteiger partial charge in [0.1, 0.15) is 0 Å². The van der Waals surface area contributed by atoms with Crippen molar-refractivity contribution in [2.45, 2.75) is 43.9 Å². The third-order valence-electron chi connectivity index (χ3n) is 5.15. The predicted octanol–water partition coefficient (Wildman–Crippen LogP) is 0.107. The Hall–Kier alpha value is -0.660. The van der Waals surface area contributed by atoms with E-state index in [2.05, 4.69) is 4.90 Å². The Morgan fingerprint density at radius 1 is 1.00 bits per heavy atom. The molecule has 0 aliphatic carbocycles. The van der Waals surface area contributed by atoms with Gasteiger partial charge < -0.3 is 4.90 Å². The van der Waals surface area contributed by atoms with Crippen molar-refractivity contribution in [3.8, 4) is 0 Å². The van der Waals surface area contributed by atoms with Crippen molar-refractivity contribution in [3.63, 3.8) is 0 Å². The van der Waals surface area contributed by atoms with E-state index in [0.29, 0.717) is 38.6 Å². The molecule has 0 radical (unpaired) electrons. The number of sulfonamides is 1. The van der Waals surface area contributed by atoms with Crippen LogP contribution >= 0.6 is 0 Å². The zero-order valence-electron chi connectivity index (χ0n) is 12.7. The first kappa shape index (κ1) is 15.2. The molecule has 6 nitrogen and oxygen atoms in total. The molecule has 21 heavy (non-hydrogen) atoms. The summed E-state index contributed by atoms with van der Waals surface area (Å²) in [6.07, 6.45) is 3.75. The number of carbonyl (C=O) groups excluding carboxylic acids is 1. The SMILES string of the molecule is CC(=O)N1CCC[C@H](S(=O)(=O)N2CCN3CCC[C@@H]3C2)C1. The van der Waals surface area contributed by atoms with Gasteiger partial charge in [0.25, 0.3) is 0 Å². The van der Waals surface area contributed by atoms with Crippen LogP contribution in [-0.4, -0.2) is 79.0 Å². The second-order valence-electron chi connectivity index (χ2n) is 6.46. The van der Waals surface area contributed by atoms with Crippen LogP contribution in [0.1, 0.15) is 32.6 Å². The van der Waals surface area contributed by atoms with E-state index in [1.807, 2.05) is 0 Å². The van der Waals surface area contributed by atoms with Crippen LogP contribution in [0.25, 0.3) is 0 Å². The van der Waals surface area contributed by atoms with Gasteiger partial charge in [-0.15, -0.1) is 0 Å². The van der Waals surface area contributed by atoms with E-state index in [1.54, 1.807) is 9.21 Å². The molecule has 0 aromatic carbocycles. The number of piperidine rings is 1. The van der Waals surface area contributed by atoms with Gasteiger partial charge in [-0.05, 0) is 32.2 Å². The Labute approximate surface area is 127 Å². The average Bonchev–Trinajstić information content (AvgIpc) is 2.94. The van der Waals surface area contributed by atoms with E-state index >= 15 is 0 Å². The zero-order valence-corrected chi connectivity index (χ0v) is 13.5. The van der Waals surface area contributed by atoms with Gasteiger partial charge in [0, 0.05) is 45.7 Å². The first-order valence-corrected chi connectivity index (χ1v) is 9.47. The topological polar surface area (TPSA) is 60.9 Å². The van der Waals surface area contributed by atoms with Crippen LogP contribution in [-0.2, 0) is 14.8 Å². The molecule has 120 valence electrons. The third kappa shape index (κ3) is 2.96. The van der Waals surface area contributed by atoms with Gasteiger partial charge in [-0.1, -0.05) is 0 Å². The van der Waals surface area contributed by atoms with E-state index in [0.717, 1.165) is 25.9 Å². The lowest BCUT2D eigenvalue weighted by Gasteiger charge is -2.40. The van der Waals surface area contributed by atoms with Crippen molar-refractivity contribution >= 4 is 15.9 Å². The molecule has 0 unspecified atom stereocenters. The summed E-state index contributed by atoms with van der Waals surface area (Å²) in [6.45, 7) is 5.79. The molecule has 7 heteroatoms. The predicted molar refractivity (Wildman–Crippen MR) is 80.4 cm³/mol. The Balaban J connectivity index is 1.69. The molecule has 3 rings (SSSR count). The second-order valence-corrected chi connectivity index (χ2v) is 8.68. The summed E-state index contributed by atoms with van der Waals surface area (Å²) in [4.78, 5) is 15.6. The third-order valence-corrected chi connectivity index (χ3v) is 7.43. The van der Waals surface area contributed by atoms with Crippen molar-refractivity contribution in [2.24, 2.45) is 0 Å². The number of fused-ring (bicyclic) bond motifs is 1. The molecule has 3 heterocycles. The van der Waals surface area contributed by atoms with Crippen LogP contribution in [0.2, 0.25) is 0 Å². The van der Waals surface area contributed by atoms with E-state index in [4.69, 9.17) is 0 Å². The molecule has 3 aliphatic heterocycles. The summed E-state index contributed by atoms with van der Waals surface area (Å²) in [5, 5.41) is -0.414. The smallest absolute Gasteiger partial charge is 0.219 e. The number of hydrogen-bond donors (Lipinski definition) is 0. The molecule has 3 fully saturated rings. The van der Waals surface area contributed by atoms with Crippen molar-refractivity contribution in [3.05, 3.63) is 0 Å². The van der Waals surface area contributed by atoms with Gasteiger partial charge in [0.2, 0.25) is 15.9 Å². The minimum Gasteiger partial charge on any atom is -0.342 e. The van der Waals surface area contributed by atoms with Gasteiger partial charge in [-0.2, -0.15) is 4.31 Å². The first-order chi connectivity index (χ1) is 9.98. The average molecular weight is 315 g/mol. The standard InChI is InChI=1S/C14H25N3O3S/c1-12(18)16-7-3-5-14(11-16)21(19,20)17-9-8-15-6-2-4-13(15)10-17/h13-14H,2-11H2,1H3/t13-,14+/m1/s1. The molecule has 3 saturated heterocycles. The summed E-state index contributed by atoms with van der Waals surface area (Å²) >= 11 is 0. The van der Waals surface area contributed by atoms with Crippen molar-refractivity contribution in [2.75, 3.05) is 39.3 Å². The molecule has 2 atom stereocenters. The molecule has 1 amide bonds. The number of nitrogens with zero attached hydrogens (tertiary/aromatic N) is 3. The molecule has 3 aliphatic rings. The number of carbonyl (C=O) groups is 1. The molecular formula is C14H25N3O3S. The Kier molecular flexibility index (Phi) is 4.25. The monoisotopic (exact) mass is 315 g/mol. The maximum Gasteiger partial charge on any atom is 0.219 e. The summed E-state index contributed by atoms with van der Waals surface area (Å²) in [5.74, 6) is -0.0180. The minimum absolute atomic E-state index is 0.0180. The molecule has 0 bridgehead atoms. The van der Waals surface area contributed by atoms with Crippen molar-refractivity contribution in [1.82, 2.24) is 14.1 Å². The van der Waals surface area contributed by atoms with E-state index in [9.17, 15) is 13.2 Å². The molecule has 0 N–H and O–H groups in total. The lowest BCUT2D eigenvalue weighted by Crippen LogP contribution is -2.56. The van der Waals surface area contributed by atoms with Gasteiger partial charge >= 0.3 is 0 Å². The fourth-order valence-corrected chi connectivity index (χ4v) is 5.84. The maximum atomic E-state index is 12.9. The van der Waals surface area contributed by atoms with Gasteiger partial charge in [0.15, 0.2) is 0 Å². The minimum atomic E-state index is -3.28. The molecule has 0 saturated carbocycles. The summed E-state index contributed by atoms with van der Waals surface area (Å²) in [6, 6.07) is 0.404. The second kappa shape index (κ2) is 5.85. The zero-order chi connectivity index (χ0) is 15.0. The number of rotatable bonds is 2. The number of amides is 1.